The molecule has 0 saturated heterocycles. The standard InChI is InChI=1S/C23H19ClN4O/c1-14-11-21(29)27(13-18-9-7-17(12-25)8-10-18)23-22(14)16(3)26-28(23)20-6-4-5-19(24)15(20)2/h4-11H,13H2,1-3H3. The minimum atomic E-state index is -0.0970. The summed E-state index contributed by atoms with van der Waals surface area (Å²) in [7, 11) is 0. The topological polar surface area (TPSA) is 63.6 Å². The predicted octanol–water partition coefficient (Wildman–Crippen LogP) is 4.69. The molecule has 0 aliphatic carbocycles. The summed E-state index contributed by atoms with van der Waals surface area (Å²) in [6.07, 6.45) is 0. The second kappa shape index (κ2) is 7.23. The van der Waals surface area contributed by atoms with Crippen LogP contribution in [0.15, 0.2) is 53.3 Å². The third-order valence-electron chi connectivity index (χ3n) is 5.18. The van der Waals surface area contributed by atoms with Crippen molar-refractivity contribution in [2.75, 3.05) is 0 Å². The molecule has 0 aliphatic rings. The van der Waals surface area contributed by atoms with E-state index in [0.29, 0.717) is 17.1 Å². The minimum Gasteiger partial charge on any atom is -0.288 e. The van der Waals surface area contributed by atoms with Crippen molar-refractivity contribution in [1.29, 1.82) is 5.26 Å². The van der Waals surface area contributed by atoms with Crippen molar-refractivity contribution in [3.63, 3.8) is 0 Å². The maximum Gasteiger partial charge on any atom is 0.252 e. The molecule has 144 valence electrons. The molecule has 0 amide bonds. The molecule has 5 nitrogen and oxygen atoms in total. The highest BCUT2D eigenvalue weighted by atomic mass is 35.5. The van der Waals surface area contributed by atoms with E-state index >= 15 is 0 Å². The first-order valence-corrected chi connectivity index (χ1v) is 9.63. The normalized spacial score (nSPS) is 11.0. The van der Waals surface area contributed by atoms with E-state index in [2.05, 4.69) is 6.07 Å². The maximum absolute atomic E-state index is 13.0. The zero-order valence-electron chi connectivity index (χ0n) is 16.4. The van der Waals surface area contributed by atoms with Gasteiger partial charge in [-0.2, -0.15) is 10.4 Å². The number of hydrogen-bond donors (Lipinski definition) is 0. The van der Waals surface area contributed by atoms with Gasteiger partial charge in [-0.3, -0.25) is 9.36 Å². The molecular formula is C23H19ClN4O. The summed E-state index contributed by atoms with van der Waals surface area (Å²) in [5.74, 6) is 0. The molecule has 4 aromatic rings. The first-order valence-electron chi connectivity index (χ1n) is 9.25. The third kappa shape index (κ3) is 3.22. The van der Waals surface area contributed by atoms with Gasteiger partial charge in [0, 0.05) is 16.5 Å². The fourth-order valence-corrected chi connectivity index (χ4v) is 3.85. The van der Waals surface area contributed by atoms with Gasteiger partial charge in [0.2, 0.25) is 0 Å². The molecule has 0 fully saturated rings. The monoisotopic (exact) mass is 402 g/mol. The van der Waals surface area contributed by atoms with E-state index in [1.54, 1.807) is 22.8 Å². The fourth-order valence-electron chi connectivity index (χ4n) is 3.68. The molecule has 0 bridgehead atoms. The smallest absolute Gasteiger partial charge is 0.252 e. The maximum atomic E-state index is 13.0. The number of fused-ring (bicyclic) bond motifs is 1. The van der Waals surface area contributed by atoms with Crippen LogP contribution in [0.1, 0.15) is 27.9 Å². The average molecular weight is 403 g/mol. The van der Waals surface area contributed by atoms with Gasteiger partial charge in [-0.05, 0) is 61.7 Å². The van der Waals surface area contributed by atoms with Crippen molar-refractivity contribution in [1.82, 2.24) is 14.3 Å². The summed E-state index contributed by atoms with van der Waals surface area (Å²) in [5, 5.41) is 15.4. The first-order chi connectivity index (χ1) is 13.9. The molecule has 0 N–H and O–H groups in total. The van der Waals surface area contributed by atoms with Crippen LogP contribution in [0.2, 0.25) is 5.02 Å². The number of benzene rings is 2. The number of pyridine rings is 1. The van der Waals surface area contributed by atoms with Crippen LogP contribution in [0.5, 0.6) is 0 Å². The Balaban J connectivity index is 2.00. The van der Waals surface area contributed by atoms with E-state index in [1.165, 1.54) is 0 Å². The van der Waals surface area contributed by atoms with Crippen LogP contribution in [-0.2, 0) is 6.54 Å². The van der Waals surface area contributed by atoms with Gasteiger partial charge in [-0.1, -0.05) is 29.8 Å². The first kappa shape index (κ1) is 19.0. The molecule has 2 aromatic carbocycles. The Morgan fingerprint density at radius 1 is 1.10 bits per heavy atom. The molecule has 0 atom stereocenters. The second-order valence-electron chi connectivity index (χ2n) is 7.14. The van der Waals surface area contributed by atoms with Crippen molar-refractivity contribution in [3.05, 3.63) is 91.9 Å². The molecule has 0 radical (unpaired) electrons. The van der Waals surface area contributed by atoms with Crippen LogP contribution in [0.4, 0.5) is 0 Å². The van der Waals surface area contributed by atoms with Crippen LogP contribution in [0, 0.1) is 32.1 Å². The molecule has 0 saturated carbocycles. The fraction of sp³-hybridized carbons (Fsp3) is 0.174. The highest BCUT2D eigenvalue weighted by Gasteiger charge is 2.18. The Labute approximate surface area is 173 Å². The average Bonchev–Trinajstić information content (AvgIpc) is 3.05. The van der Waals surface area contributed by atoms with Crippen LogP contribution < -0.4 is 5.56 Å². The van der Waals surface area contributed by atoms with E-state index in [1.807, 2.05) is 55.8 Å². The number of hydrogen-bond acceptors (Lipinski definition) is 3. The zero-order chi connectivity index (χ0) is 20.7. The lowest BCUT2D eigenvalue weighted by Crippen LogP contribution is -2.22. The van der Waals surface area contributed by atoms with Gasteiger partial charge < -0.3 is 0 Å². The van der Waals surface area contributed by atoms with Crippen LogP contribution in [0.25, 0.3) is 16.7 Å². The van der Waals surface area contributed by atoms with E-state index < -0.39 is 0 Å². The zero-order valence-corrected chi connectivity index (χ0v) is 17.2. The Morgan fingerprint density at radius 2 is 1.83 bits per heavy atom. The summed E-state index contributed by atoms with van der Waals surface area (Å²) < 4.78 is 3.54. The summed E-state index contributed by atoms with van der Waals surface area (Å²) in [6, 6.07) is 16.7. The Morgan fingerprint density at radius 3 is 2.52 bits per heavy atom. The number of nitrogens with zero attached hydrogens (tertiary/aromatic N) is 4. The molecule has 0 aliphatic heterocycles. The third-order valence-corrected chi connectivity index (χ3v) is 5.59. The van der Waals surface area contributed by atoms with Gasteiger partial charge >= 0.3 is 0 Å². The molecule has 0 spiro atoms. The summed E-state index contributed by atoms with van der Waals surface area (Å²) >= 11 is 6.35. The number of halogens is 1. The Hall–Kier alpha value is -3.36. The van der Waals surface area contributed by atoms with E-state index in [9.17, 15) is 4.79 Å². The lowest BCUT2D eigenvalue weighted by atomic mass is 10.1. The summed E-state index contributed by atoms with van der Waals surface area (Å²) in [6.45, 7) is 6.20. The van der Waals surface area contributed by atoms with E-state index in [-0.39, 0.29) is 5.56 Å². The molecule has 6 heteroatoms. The SMILES string of the molecule is Cc1c(Cl)cccc1-n1nc(C)c2c(C)cc(=O)n(Cc3ccc(C#N)cc3)c21. The number of aromatic nitrogens is 3. The van der Waals surface area contributed by atoms with Crippen molar-refractivity contribution in [2.45, 2.75) is 27.3 Å². The number of nitriles is 1. The van der Waals surface area contributed by atoms with Crippen molar-refractivity contribution in [3.8, 4) is 11.8 Å². The molecule has 2 heterocycles. The quantitative estimate of drug-likeness (QED) is 0.499. The van der Waals surface area contributed by atoms with Crippen LogP contribution in [-0.4, -0.2) is 14.3 Å². The van der Waals surface area contributed by atoms with Crippen LogP contribution >= 0.6 is 11.6 Å². The summed E-state index contributed by atoms with van der Waals surface area (Å²) in [5.41, 5.74) is 5.65. The largest absolute Gasteiger partial charge is 0.288 e. The van der Waals surface area contributed by atoms with E-state index in [0.717, 1.165) is 39.1 Å². The molecular weight excluding hydrogens is 384 g/mol. The number of aryl methyl sites for hydroxylation is 2. The van der Waals surface area contributed by atoms with E-state index in [4.69, 9.17) is 22.0 Å². The van der Waals surface area contributed by atoms with Crippen molar-refractivity contribution < 1.29 is 0 Å². The molecule has 0 unspecified atom stereocenters. The van der Waals surface area contributed by atoms with Crippen molar-refractivity contribution in [2.24, 2.45) is 0 Å². The second-order valence-corrected chi connectivity index (χ2v) is 7.55. The van der Waals surface area contributed by atoms with Gasteiger partial charge in [0.15, 0.2) is 0 Å². The summed E-state index contributed by atoms with van der Waals surface area (Å²) in [4.78, 5) is 13.0. The Kier molecular flexibility index (Phi) is 4.73. The highest BCUT2D eigenvalue weighted by molar-refractivity contribution is 6.31. The van der Waals surface area contributed by atoms with Gasteiger partial charge in [0.25, 0.3) is 5.56 Å². The Bertz CT molecular complexity index is 1340. The molecule has 29 heavy (non-hydrogen) atoms. The minimum absolute atomic E-state index is 0.0970. The van der Waals surface area contributed by atoms with Gasteiger partial charge in [-0.25, -0.2) is 4.68 Å². The molecule has 4 rings (SSSR count). The molecule has 2 aromatic heterocycles. The van der Waals surface area contributed by atoms with Crippen LogP contribution in [0.3, 0.4) is 0 Å². The van der Waals surface area contributed by atoms with Crippen molar-refractivity contribution >= 4 is 22.6 Å². The van der Waals surface area contributed by atoms with Gasteiger partial charge in [0.05, 0.1) is 29.6 Å². The van der Waals surface area contributed by atoms with Gasteiger partial charge in [0.1, 0.15) is 5.65 Å². The lowest BCUT2D eigenvalue weighted by molar-refractivity contribution is 0.749. The number of rotatable bonds is 3. The predicted molar refractivity (Wildman–Crippen MR) is 115 cm³/mol. The lowest BCUT2D eigenvalue weighted by Gasteiger charge is -2.14. The highest BCUT2D eigenvalue weighted by Crippen LogP contribution is 2.28. The van der Waals surface area contributed by atoms with Gasteiger partial charge in [-0.15, -0.1) is 0 Å².